The number of nitrogens with zero attached hydrogens (tertiary/aromatic N) is 3. The molecular formula is C19H22FN3O. The fourth-order valence-corrected chi connectivity index (χ4v) is 3.93. The van der Waals surface area contributed by atoms with Gasteiger partial charge in [-0.25, -0.2) is 9.07 Å². The van der Waals surface area contributed by atoms with Crippen LogP contribution in [0, 0.1) is 11.7 Å². The third-order valence-corrected chi connectivity index (χ3v) is 5.15. The van der Waals surface area contributed by atoms with Gasteiger partial charge in [0.1, 0.15) is 5.82 Å². The average molecular weight is 327 g/mol. The molecule has 1 fully saturated rings. The van der Waals surface area contributed by atoms with E-state index >= 15 is 0 Å². The van der Waals surface area contributed by atoms with Gasteiger partial charge in [0.2, 0.25) is 0 Å². The van der Waals surface area contributed by atoms with Crippen molar-refractivity contribution in [2.24, 2.45) is 5.92 Å². The van der Waals surface area contributed by atoms with Gasteiger partial charge in [0.15, 0.2) is 5.69 Å². The molecule has 2 heterocycles. The highest BCUT2D eigenvalue weighted by atomic mass is 19.1. The number of piperidine rings is 1. The van der Waals surface area contributed by atoms with Crippen LogP contribution in [0.4, 0.5) is 4.39 Å². The first kappa shape index (κ1) is 15.4. The fourth-order valence-electron chi connectivity index (χ4n) is 3.93. The standard InChI is InChI=1S/C19H22FN3O/c1-13-4-3-11-22(12-13)19(24)18-16-5-2-6-17(16)23(21-18)15-9-7-14(20)8-10-15/h7-10,13H,2-6,11-12H2,1H3. The Bertz CT molecular complexity index is 766. The van der Waals surface area contributed by atoms with Gasteiger partial charge >= 0.3 is 0 Å². The van der Waals surface area contributed by atoms with Gasteiger partial charge in [-0.15, -0.1) is 0 Å². The van der Waals surface area contributed by atoms with Crippen LogP contribution < -0.4 is 0 Å². The molecule has 2 aromatic rings. The Kier molecular flexibility index (Phi) is 3.87. The molecule has 1 aromatic carbocycles. The highest BCUT2D eigenvalue weighted by Crippen LogP contribution is 2.29. The zero-order valence-corrected chi connectivity index (χ0v) is 14.0. The van der Waals surface area contributed by atoms with Crippen LogP contribution in [0.1, 0.15) is 47.9 Å². The lowest BCUT2D eigenvalue weighted by Gasteiger charge is -2.30. The molecule has 24 heavy (non-hydrogen) atoms. The van der Waals surface area contributed by atoms with Crippen LogP contribution in [-0.4, -0.2) is 33.7 Å². The van der Waals surface area contributed by atoms with Gasteiger partial charge < -0.3 is 4.90 Å². The third kappa shape index (κ3) is 2.62. The predicted molar refractivity (Wildman–Crippen MR) is 89.8 cm³/mol. The van der Waals surface area contributed by atoms with E-state index in [0.29, 0.717) is 11.6 Å². The maximum atomic E-state index is 13.2. The Morgan fingerprint density at radius 2 is 2.00 bits per heavy atom. The lowest BCUT2D eigenvalue weighted by Crippen LogP contribution is -2.39. The summed E-state index contributed by atoms with van der Waals surface area (Å²) in [5, 5.41) is 4.63. The second-order valence-corrected chi connectivity index (χ2v) is 7.01. The van der Waals surface area contributed by atoms with E-state index in [0.717, 1.165) is 55.7 Å². The number of halogens is 1. The molecule has 1 aromatic heterocycles. The number of carbonyl (C=O) groups is 1. The van der Waals surface area contributed by atoms with Crippen molar-refractivity contribution < 1.29 is 9.18 Å². The number of hydrogen-bond acceptors (Lipinski definition) is 2. The predicted octanol–water partition coefficient (Wildman–Crippen LogP) is 3.37. The van der Waals surface area contributed by atoms with Crippen molar-refractivity contribution in [3.05, 3.63) is 47.0 Å². The van der Waals surface area contributed by atoms with Crippen LogP contribution in [0.3, 0.4) is 0 Å². The molecule has 0 saturated carbocycles. The first-order valence-corrected chi connectivity index (χ1v) is 8.79. The molecule has 1 atom stereocenters. The van der Waals surface area contributed by atoms with E-state index in [9.17, 15) is 9.18 Å². The molecule has 0 radical (unpaired) electrons. The lowest BCUT2D eigenvalue weighted by molar-refractivity contribution is 0.0675. The number of aromatic nitrogens is 2. The van der Waals surface area contributed by atoms with Gasteiger partial charge in [-0.1, -0.05) is 6.92 Å². The molecule has 1 aliphatic carbocycles. The first-order valence-electron chi connectivity index (χ1n) is 8.79. The van der Waals surface area contributed by atoms with E-state index in [1.165, 1.54) is 18.6 Å². The van der Waals surface area contributed by atoms with E-state index in [-0.39, 0.29) is 11.7 Å². The second-order valence-electron chi connectivity index (χ2n) is 7.01. The molecule has 5 heteroatoms. The number of carbonyl (C=O) groups excluding carboxylic acids is 1. The number of rotatable bonds is 2. The molecule has 126 valence electrons. The van der Waals surface area contributed by atoms with Gasteiger partial charge in [0, 0.05) is 24.3 Å². The highest BCUT2D eigenvalue weighted by molar-refractivity contribution is 5.94. The summed E-state index contributed by atoms with van der Waals surface area (Å²) in [5.74, 6) is 0.344. The molecule has 1 unspecified atom stereocenters. The first-order chi connectivity index (χ1) is 11.6. The summed E-state index contributed by atoms with van der Waals surface area (Å²) < 4.78 is 15.0. The molecule has 0 spiro atoms. The highest BCUT2D eigenvalue weighted by Gasteiger charge is 2.31. The van der Waals surface area contributed by atoms with Crippen LogP contribution in [0.5, 0.6) is 0 Å². The Labute approximate surface area is 141 Å². The van der Waals surface area contributed by atoms with Gasteiger partial charge in [0.05, 0.1) is 5.69 Å². The quantitative estimate of drug-likeness (QED) is 0.848. The zero-order valence-electron chi connectivity index (χ0n) is 14.0. The number of fused-ring (bicyclic) bond motifs is 1. The average Bonchev–Trinajstić information content (AvgIpc) is 3.17. The molecule has 4 nitrogen and oxygen atoms in total. The summed E-state index contributed by atoms with van der Waals surface area (Å²) in [6.45, 7) is 3.83. The normalized spacial score (nSPS) is 20.2. The van der Waals surface area contributed by atoms with E-state index in [2.05, 4.69) is 12.0 Å². The monoisotopic (exact) mass is 327 g/mol. The molecule has 1 aliphatic heterocycles. The van der Waals surface area contributed by atoms with Crippen LogP contribution in [0.15, 0.2) is 24.3 Å². The summed E-state index contributed by atoms with van der Waals surface area (Å²) in [7, 11) is 0. The van der Waals surface area contributed by atoms with E-state index in [4.69, 9.17) is 0 Å². The summed E-state index contributed by atoms with van der Waals surface area (Å²) in [4.78, 5) is 14.9. The van der Waals surface area contributed by atoms with Crippen molar-refractivity contribution in [1.29, 1.82) is 0 Å². The summed E-state index contributed by atoms with van der Waals surface area (Å²) in [6, 6.07) is 6.31. The zero-order chi connectivity index (χ0) is 16.7. The van der Waals surface area contributed by atoms with Gasteiger partial charge in [0.25, 0.3) is 5.91 Å². The molecule has 0 N–H and O–H groups in total. The maximum Gasteiger partial charge on any atom is 0.274 e. The fraction of sp³-hybridized carbons (Fsp3) is 0.474. The number of benzene rings is 1. The summed E-state index contributed by atoms with van der Waals surface area (Å²) in [5.41, 5.74) is 3.61. The lowest BCUT2D eigenvalue weighted by atomic mass is 10.00. The van der Waals surface area contributed by atoms with Gasteiger partial charge in [-0.2, -0.15) is 5.10 Å². The minimum absolute atomic E-state index is 0.0561. The van der Waals surface area contributed by atoms with Crippen molar-refractivity contribution in [1.82, 2.24) is 14.7 Å². The molecule has 2 aliphatic rings. The topological polar surface area (TPSA) is 38.1 Å². The number of likely N-dealkylation sites (tertiary alicyclic amines) is 1. The second kappa shape index (κ2) is 6.04. The smallest absolute Gasteiger partial charge is 0.274 e. The van der Waals surface area contributed by atoms with Crippen LogP contribution in [0.2, 0.25) is 0 Å². The van der Waals surface area contributed by atoms with Crippen molar-refractivity contribution in [3.8, 4) is 5.69 Å². The number of amides is 1. The van der Waals surface area contributed by atoms with Crippen molar-refractivity contribution in [2.75, 3.05) is 13.1 Å². The van der Waals surface area contributed by atoms with Crippen LogP contribution >= 0.6 is 0 Å². The minimum Gasteiger partial charge on any atom is -0.337 e. The van der Waals surface area contributed by atoms with Crippen molar-refractivity contribution in [3.63, 3.8) is 0 Å². The van der Waals surface area contributed by atoms with Crippen molar-refractivity contribution >= 4 is 5.91 Å². The van der Waals surface area contributed by atoms with Crippen molar-refractivity contribution in [2.45, 2.75) is 39.0 Å². The van der Waals surface area contributed by atoms with Gasteiger partial charge in [-0.05, 0) is 62.3 Å². The molecule has 1 saturated heterocycles. The molecule has 4 rings (SSSR count). The van der Waals surface area contributed by atoms with Gasteiger partial charge in [-0.3, -0.25) is 4.79 Å². The Balaban J connectivity index is 1.70. The molecular weight excluding hydrogens is 305 g/mol. The Morgan fingerprint density at radius 3 is 2.75 bits per heavy atom. The Hall–Kier alpha value is -2.17. The van der Waals surface area contributed by atoms with Crippen LogP contribution in [0.25, 0.3) is 5.69 Å². The van der Waals surface area contributed by atoms with E-state index < -0.39 is 0 Å². The number of hydrogen-bond donors (Lipinski definition) is 0. The molecule has 1 amide bonds. The van der Waals surface area contributed by atoms with Crippen LogP contribution in [-0.2, 0) is 12.8 Å². The van der Waals surface area contributed by atoms with E-state index in [1.54, 1.807) is 12.1 Å². The summed E-state index contributed by atoms with van der Waals surface area (Å²) >= 11 is 0. The summed E-state index contributed by atoms with van der Waals surface area (Å²) in [6.07, 6.45) is 5.12. The SMILES string of the molecule is CC1CCCN(C(=O)c2nn(-c3ccc(F)cc3)c3c2CCC3)C1. The largest absolute Gasteiger partial charge is 0.337 e. The third-order valence-electron chi connectivity index (χ3n) is 5.15. The Morgan fingerprint density at radius 1 is 1.21 bits per heavy atom. The maximum absolute atomic E-state index is 13.2. The molecule has 0 bridgehead atoms. The van der Waals surface area contributed by atoms with E-state index in [1.807, 2.05) is 9.58 Å². The minimum atomic E-state index is -0.263.